The summed E-state index contributed by atoms with van der Waals surface area (Å²) in [5.41, 5.74) is 0.544. The predicted octanol–water partition coefficient (Wildman–Crippen LogP) is 2.96. The number of imide groups is 1. The fourth-order valence-electron chi connectivity index (χ4n) is 4.45. The first-order chi connectivity index (χ1) is 15.9. The molecular formula is C24H27ClN4O4. The maximum atomic E-state index is 13.0. The Hall–Kier alpha value is -3.00. The zero-order valence-electron chi connectivity index (χ0n) is 18.6. The molecule has 0 aliphatic carbocycles. The lowest BCUT2D eigenvalue weighted by atomic mass is 9.98. The number of hydrogen-bond acceptors (Lipinski definition) is 5. The second-order valence-electron chi connectivity index (χ2n) is 8.47. The summed E-state index contributed by atoms with van der Waals surface area (Å²) in [6.07, 6.45) is 3.10. The highest BCUT2D eigenvalue weighted by molar-refractivity contribution is 6.66. The summed E-state index contributed by atoms with van der Waals surface area (Å²) in [6.45, 7) is 3.00. The number of aromatic nitrogens is 2. The molecule has 3 heterocycles. The number of benzene rings is 1. The smallest absolute Gasteiger partial charge is 0.282 e. The summed E-state index contributed by atoms with van der Waals surface area (Å²) in [6, 6.07) is 9.31. The molecule has 0 N–H and O–H groups in total. The van der Waals surface area contributed by atoms with Crippen molar-refractivity contribution < 1.29 is 9.59 Å². The van der Waals surface area contributed by atoms with Crippen molar-refractivity contribution in [2.75, 3.05) is 6.54 Å². The van der Waals surface area contributed by atoms with E-state index < -0.39 is 5.92 Å². The van der Waals surface area contributed by atoms with E-state index >= 15 is 0 Å². The average molecular weight is 471 g/mol. The number of nitrogens with zero attached hydrogens (tertiary/aromatic N) is 4. The van der Waals surface area contributed by atoms with Crippen molar-refractivity contribution in [2.24, 2.45) is 4.99 Å². The van der Waals surface area contributed by atoms with Gasteiger partial charge in [0, 0.05) is 32.5 Å². The molecule has 0 bridgehead atoms. The number of likely N-dealkylation sites (tertiary alicyclic amines) is 1. The molecule has 2 aliphatic rings. The van der Waals surface area contributed by atoms with Crippen LogP contribution in [0.5, 0.6) is 0 Å². The Morgan fingerprint density at radius 3 is 2.39 bits per heavy atom. The summed E-state index contributed by atoms with van der Waals surface area (Å²) in [7, 11) is 0. The summed E-state index contributed by atoms with van der Waals surface area (Å²) in [5, 5.41) is 0.309. The number of aliphatic imine (C=N–C) groups is 1. The van der Waals surface area contributed by atoms with Gasteiger partial charge in [0.25, 0.3) is 5.56 Å². The van der Waals surface area contributed by atoms with Gasteiger partial charge in [0.2, 0.25) is 11.8 Å². The van der Waals surface area contributed by atoms with Crippen molar-refractivity contribution in [2.45, 2.75) is 64.5 Å². The molecular weight excluding hydrogens is 444 g/mol. The maximum absolute atomic E-state index is 13.0. The van der Waals surface area contributed by atoms with Gasteiger partial charge in [0.1, 0.15) is 11.0 Å². The largest absolute Gasteiger partial charge is 0.332 e. The van der Waals surface area contributed by atoms with Gasteiger partial charge in [-0.25, -0.2) is 9.79 Å². The van der Waals surface area contributed by atoms with E-state index in [0.29, 0.717) is 35.9 Å². The fraction of sp³-hybridized carbons (Fsp3) is 0.458. The molecule has 0 spiro atoms. The lowest BCUT2D eigenvalue weighted by Gasteiger charge is -2.16. The first-order valence-corrected chi connectivity index (χ1v) is 11.8. The second kappa shape index (κ2) is 9.87. The van der Waals surface area contributed by atoms with Crippen LogP contribution in [0.4, 0.5) is 5.82 Å². The van der Waals surface area contributed by atoms with Crippen LogP contribution < -0.4 is 11.2 Å². The fourth-order valence-corrected chi connectivity index (χ4v) is 4.66. The van der Waals surface area contributed by atoms with Crippen LogP contribution in [-0.2, 0) is 29.1 Å². The molecule has 4 rings (SSSR count). The Bertz CT molecular complexity index is 1220. The minimum absolute atomic E-state index is 0.177. The monoisotopic (exact) mass is 470 g/mol. The van der Waals surface area contributed by atoms with Gasteiger partial charge in [-0.2, -0.15) is 0 Å². The highest BCUT2D eigenvalue weighted by Crippen LogP contribution is 2.29. The van der Waals surface area contributed by atoms with Crippen LogP contribution in [0.25, 0.3) is 0 Å². The molecule has 0 radical (unpaired) electrons. The molecule has 1 unspecified atom stereocenters. The molecule has 2 aliphatic heterocycles. The molecule has 1 aromatic heterocycles. The van der Waals surface area contributed by atoms with Gasteiger partial charge in [0.15, 0.2) is 0 Å². The molecule has 2 aromatic rings. The van der Waals surface area contributed by atoms with Gasteiger partial charge in [0.05, 0.1) is 11.5 Å². The first-order valence-electron chi connectivity index (χ1n) is 11.4. The molecule has 8 nitrogen and oxygen atoms in total. The van der Waals surface area contributed by atoms with Gasteiger partial charge in [-0.1, -0.05) is 55.3 Å². The van der Waals surface area contributed by atoms with Crippen molar-refractivity contribution in [3.8, 4) is 0 Å². The minimum atomic E-state index is -0.437. The molecule has 1 saturated heterocycles. The SMILES string of the molecule is CCCCn1c2c(c(=O)n(CCCCN3C(=O)CC(c4ccccc4)C3=O)c1=O)CC(Cl)=N2. The van der Waals surface area contributed by atoms with Crippen molar-refractivity contribution >= 4 is 34.4 Å². The van der Waals surface area contributed by atoms with Crippen molar-refractivity contribution in [3.05, 3.63) is 62.3 Å². The number of carbonyl (C=O) groups is 2. The van der Waals surface area contributed by atoms with Crippen LogP contribution in [0, 0.1) is 0 Å². The Morgan fingerprint density at radius 1 is 0.970 bits per heavy atom. The number of unbranched alkanes of at least 4 members (excludes halogenated alkanes) is 2. The molecule has 174 valence electrons. The molecule has 0 saturated carbocycles. The molecule has 33 heavy (non-hydrogen) atoms. The zero-order chi connectivity index (χ0) is 23.5. The number of rotatable bonds is 9. The quantitative estimate of drug-likeness (QED) is 0.416. The first kappa shape index (κ1) is 23.2. The predicted molar refractivity (Wildman–Crippen MR) is 126 cm³/mol. The van der Waals surface area contributed by atoms with Crippen molar-refractivity contribution in [1.82, 2.24) is 14.0 Å². The Kier molecular flexibility index (Phi) is 6.93. The molecule has 1 aromatic carbocycles. The van der Waals surface area contributed by atoms with E-state index in [9.17, 15) is 19.2 Å². The lowest BCUT2D eigenvalue weighted by Crippen LogP contribution is -2.41. The standard InChI is InChI=1S/C24H27ClN4O4/c1-2-3-11-28-21-18(14-19(25)26-21)23(32)29(24(28)33)13-8-7-12-27-20(30)15-17(22(27)31)16-9-5-4-6-10-16/h4-6,9-10,17H,2-3,7-8,11-15H2,1H3. The average Bonchev–Trinajstić information content (AvgIpc) is 3.33. The molecule has 1 fully saturated rings. The highest BCUT2D eigenvalue weighted by atomic mass is 35.5. The van der Waals surface area contributed by atoms with E-state index in [2.05, 4.69) is 4.99 Å². The number of carbonyl (C=O) groups excluding carboxylic acids is 2. The van der Waals surface area contributed by atoms with E-state index in [-0.39, 0.29) is 49.0 Å². The summed E-state index contributed by atoms with van der Waals surface area (Å²) >= 11 is 6.06. The van der Waals surface area contributed by atoms with Crippen LogP contribution in [0.1, 0.15) is 56.1 Å². The minimum Gasteiger partial charge on any atom is -0.282 e. The summed E-state index contributed by atoms with van der Waals surface area (Å²) in [5.74, 6) is -0.430. The molecule has 1 atom stereocenters. The van der Waals surface area contributed by atoms with E-state index in [1.807, 2.05) is 37.3 Å². The summed E-state index contributed by atoms with van der Waals surface area (Å²) < 4.78 is 2.77. The van der Waals surface area contributed by atoms with Crippen LogP contribution in [0.15, 0.2) is 44.9 Å². The Balaban J connectivity index is 1.43. The van der Waals surface area contributed by atoms with Crippen LogP contribution in [0.2, 0.25) is 0 Å². The van der Waals surface area contributed by atoms with Gasteiger partial charge in [-0.3, -0.25) is 28.4 Å². The van der Waals surface area contributed by atoms with Crippen LogP contribution in [0.3, 0.4) is 0 Å². The number of fused-ring (bicyclic) bond motifs is 1. The van der Waals surface area contributed by atoms with Crippen molar-refractivity contribution in [3.63, 3.8) is 0 Å². The van der Waals surface area contributed by atoms with Crippen molar-refractivity contribution in [1.29, 1.82) is 0 Å². The van der Waals surface area contributed by atoms with Gasteiger partial charge in [-0.05, 0) is 24.8 Å². The second-order valence-corrected chi connectivity index (χ2v) is 8.91. The number of amides is 2. The normalized spacial score (nSPS) is 17.6. The number of halogens is 1. The molecule has 2 amide bonds. The van der Waals surface area contributed by atoms with E-state index in [0.717, 1.165) is 18.4 Å². The Labute approximate surface area is 196 Å². The van der Waals surface area contributed by atoms with Crippen LogP contribution >= 0.6 is 11.6 Å². The maximum Gasteiger partial charge on any atom is 0.332 e. The zero-order valence-corrected chi connectivity index (χ0v) is 19.4. The van der Waals surface area contributed by atoms with E-state index in [1.54, 1.807) is 0 Å². The highest BCUT2D eigenvalue weighted by Gasteiger charge is 2.38. The van der Waals surface area contributed by atoms with E-state index in [4.69, 9.17) is 11.6 Å². The number of hydrogen-bond donors (Lipinski definition) is 0. The summed E-state index contributed by atoms with van der Waals surface area (Å²) in [4.78, 5) is 56.6. The third-order valence-corrected chi connectivity index (χ3v) is 6.45. The lowest BCUT2D eigenvalue weighted by molar-refractivity contribution is -0.138. The molecule has 9 heteroatoms. The van der Waals surface area contributed by atoms with Gasteiger partial charge < -0.3 is 0 Å². The van der Waals surface area contributed by atoms with Gasteiger partial charge >= 0.3 is 5.69 Å². The van der Waals surface area contributed by atoms with Gasteiger partial charge in [-0.15, -0.1) is 0 Å². The van der Waals surface area contributed by atoms with Crippen LogP contribution in [-0.4, -0.2) is 37.6 Å². The topological polar surface area (TPSA) is 93.7 Å². The third kappa shape index (κ3) is 4.57. The van der Waals surface area contributed by atoms with E-state index in [1.165, 1.54) is 14.0 Å². The third-order valence-electron chi connectivity index (χ3n) is 6.24. The Morgan fingerprint density at radius 2 is 1.67 bits per heavy atom.